The van der Waals surface area contributed by atoms with Crippen molar-refractivity contribution in [2.45, 2.75) is 46.5 Å². The highest BCUT2D eigenvalue weighted by Crippen LogP contribution is 2.40. The van der Waals surface area contributed by atoms with Crippen LogP contribution in [0, 0.1) is 6.92 Å². The first-order chi connectivity index (χ1) is 17.4. The fourth-order valence-corrected chi connectivity index (χ4v) is 5.11. The number of hydrogen-bond donors (Lipinski definition) is 1. The van der Waals surface area contributed by atoms with E-state index in [0.29, 0.717) is 35.9 Å². The molecule has 0 fully saturated rings. The van der Waals surface area contributed by atoms with Gasteiger partial charge in [0.2, 0.25) is 5.91 Å². The van der Waals surface area contributed by atoms with Gasteiger partial charge in [0.25, 0.3) is 0 Å². The van der Waals surface area contributed by atoms with E-state index in [0.717, 1.165) is 44.6 Å². The standard InChI is InChI=1S/C28H32BrNO5S/c1-5-7-16-35-22-14-8-19(17-23(22)34-6-2)9-15-24(31)30-27-26(28(32)33-4)25(18(3)36-27)20-10-12-21(29)13-11-20/h8,10-14,17H,5-7,9,15-16H2,1-4H3,(H,30,31). The molecule has 1 amide bonds. The van der Waals surface area contributed by atoms with E-state index < -0.39 is 5.97 Å². The Morgan fingerprint density at radius 1 is 1.03 bits per heavy atom. The van der Waals surface area contributed by atoms with E-state index in [1.165, 1.54) is 18.4 Å². The van der Waals surface area contributed by atoms with Gasteiger partial charge in [0.1, 0.15) is 10.6 Å². The van der Waals surface area contributed by atoms with Gasteiger partial charge < -0.3 is 19.5 Å². The minimum Gasteiger partial charge on any atom is -0.490 e. The molecule has 0 aliphatic heterocycles. The van der Waals surface area contributed by atoms with Gasteiger partial charge in [-0.25, -0.2) is 4.79 Å². The predicted octanol–water partition coefficient (Wildman–Crippen LogP) is 7.42. The van der Waals surface area contributed by atoms with Crippen LogP contribution in [0.3, 0.4) is 0 Å². The number of unbranched alkanes of at least 4 members (excludes halogenated alkanes) is 1. The van der Waals surface area contributed by atoms with E-state index >= 15 is 0 Å². The van der Waals surface area contributed by atoms with Crippen LogP contribution in [0.5, 0.6) is 11.5 Å². The molecular weight excluding hydrogens is 542 g/mol. The molecule has 0 saturated heterocycles. The molecule has 0 bridgehead atoms. The zero-order valence-electron chi connectivity index (χ0n) is 21.1. The summed E-state index contributed by atoms with van der Waals surface area (Å²) >= 11 is 4.82. The predicted molar refractivity (Wildman–Crippen MR) is 148 cm³/mol. The number of hydrogen-bond acceptors (Lipinski definition) is 6. The fraction of sp³-hybridized carbons (Fsp3) is 0.357. The van der Waals surface area contributed by atoms with Gasteiger partial charge in [-0.15, -0.1) is 11.3 Å². The molecule has 0 spiro atoms. The van der Waals surface area contributed by atoms with E-state index in [1.807, 2.05) is 56.3 Å². The number of nitrogens with one attached hydrogen (secondary N) is 1. The number of ether oxygens (including phenoxy) is 3. The highest BCUT2D eigenvalue weighted by atomic mass is 79.9. The quantitative estimate of drug-likeness (QED) is 0.180. The molecule has 0 aliphatic carbocycles. The summed E-state index contributed by atoms with van der Waals surface area (Å²) < 4.78 is 17.6. The first kappa shape index (κ1) is 27.7. The summed E-state index contributed by atoms with van der Waals surface area (Å²) in [6, 6.07) is 13.5. The maximum Gasteiger partial charge on any atom is 0.341 e. The number of aryl methyl sites for hydroxylation is 2. The summed E-state index contributed by atoms with van der Waals surface area (Å²) in [6.45, 7) is 7.16. The second-order valence-electron chi connectivity index (χ2n) is 8.20. The molecule has 2 aromatic carbocycles. The van der Waals surface area contributed by atoms with Gasteiger partial charge >= 0.3 is 5.97 Å². The number of halogens is 1. The summed E-state index contributed by atoms with van der Waals surface area (Å²) in [5.41, 5.74) is 3.01. The fourth-order valence-electron chi connectivity index (χ4n) is 3.76. The largest absolute Gasteiger partial charge is 0.490 e. The van der Waals surface area contributed by atoms with Gasteiger partial charge in [-0.2, -0.15) is 0 Å². The Bertz CT molecular complexity index is 1190. The lowest BCUT2D eigenvalue weighted by Gasteiger charge is -2.13. The number of methoxy groups -OCH3 is 1. The van der Waals surface area contributed by atoms with E-state index in [2.05, 4.69) is 28.2 Å². The third-order valence-corrected chi connectivity index (χ3v) is 7.11. The zero-order chi connectivity index (χ0) is 26.1. The van der Waals surface area contributed by atoms with Crippen LogP contribution in [-0.4, -0.2) is 32.2 Å². The molecular formula is C28H32BrNO5S. The molecule has 1 aromatic heterocycles. The van der Waals surface area contributed by atoms with E-state index in [-0.39, 0.29) is 12.3 Å². The molecule has 1 N–H and O–H groups in total. The molecule has 0 aliphatic rings. The lowest BCUT2D eigenvalue weighted by atomic mass is 10.0. The molecule has 1 heterocycles. The maximum atomic E-state index is 12.9. The van der Waals surface area contributed by atoms with Crippen molar-refractivity contribution in [2.75, 3.05) is 25.6 Å². The third kappa shape index (κ3) is 7.11. The topological polar surface area (TPSA) is 73.9 Å². The Morgan fingerprint density at radius 3 is 2.44 bits per heavy atom. The van der Waals surface area contributed by atoms with Crippen molar-refractivity contribution in [2.24, 2.45) is 0 Å². The highest BCUT2D eigenvalue weighted by molar-refractivity contribution is 9.10. The van der Waals surface area contributed by atoms with Gasteiger partial charge in [-0.05, 0) is 62.1 Å². The monoisotopic (exact) mass is 573 g/mol. The van der Waals surface area contributed by atoms with Crippen molar-refractivity contribution in [3.63, 3.8) is 0 Å². The normalized spacial score (nSPS) is 10.7. The molecule has 0 unspecified atom stereocenters. The van der Waals surface area contributed by atoms with Crippen LogP contribution < -0.4 is 14.8 Å². The zero-order valence-corrected chi connectivity index (χ0v) is 23.5. The van der Waals surface area contributed by atoms with Crippen molar-refractivity contribution >= 4 is 44.1 Å². The van der Waals surface area contributed by atoms with Crippen LogP contribution in [0.15, 0.2) is 46.9 Å². The summed E-state index contributed by atoms with van der Waals surface area (Å²) in [7, 11) is 1.35. The maximum absolute atomic E-state index is 12.9. The van der Waals surface area contributed by atoms with Crippen molar-refractivity contribution in [3.8, 4) is 22.6 Å². The smallest absolute Gasteiger partial charge is 0.341 e. The van der Waals surface area contributed by atoms with Gasteiger partial charge in [0.05, 0.1) is 20.3 Å². The van der Waals surface area contributed by atoms with Crippen LogP contribution in [0.4, 0.5) is 5.00 Å². The molecule has 6 nitrogen and oxygen atoms in total. The minimum absolute atomic E-state index is 0.176. The van der Waals surface area contributed by atoms with Gasteiger partial charge in [-0.1, -0.05) is 47.5 Å². The average molecular weight is 575 g/mol. The van der Waals surface area contributed by atoms with E-state index in [1.54, 1.807) is 0 Å². The highest BCUT2D eigenvalue weighted by Gasteiger charge is 2.25. The molecule has 8 heteroatoms. The number of carbonyl (C=O) groups excluding carboxylic acids is 2. The Hall–Kier alpha value is -2.84. The van der Waals surface area contributed by atoms with Crippen LogP contribution in [-0.2, 0) is 16.0 Å². The first-order valence-electron chi connectivity index (χ1n) is 12.0. The number of rotatable bonds is 12. The van der Waals surface area contributed by atoms with Crippen molar-refractivity contribution in [1.29, 1.82) is 0 Å². The summed E-state index contributed by atoms with van der Waals surface area (Å²) in [6.07, 6.45) is 2.82. The Balaban J connectivity index is 1.74. The number of benzene rings is 2. The van der Waals surface area contributed by atoms with Gasteiger partial charge in [-0.3, -0.25) is 4.79 Å². The number of anilines is 1. The lowest BCUT2D eigenvalue weighted by molar-refractivity contribution is -0.116. The molecule has 3 aromatic rings. The molecule has 0 atom stereocenters. The minimum atomic E-state index is -0.479. The number of carbonyl (C=O) groups is 2. The molecule has 3 rings (SSSR count). The first-order valence-corrected chi connectivity index (χ1v) is 13.6. The third-order valence-electron chi connectivity index (χ3n) is 5.56. The van der Waals surface area contributed by atoms with Crippen molar-refractivity contribution < 1.29 is 23.8 Å². The Morgan fingerprint density at radius 2 is 1.78 bits per heavy atom. The van der Waals surface area contributed by atoms with Crippen LogP contribution >= 0.6 is 27.3 Å². The molecule has 0 radical (unpaired) electrons. The van der Waals surface area contributed by atoms with Crippen molar-refractivity contribution in [1.82, 2.24) is 0 Å². The second-order valence-corrected chi connectivity index (χ2v) is 10.3. The van der Waals surface area contributed by atoms with E-state index in [9.17, 15) is 9.59 Å². The Labute approximate surface area is 225 Å². The number of thiophene rings is 1. The van der Waals surface area contributed by atoms with Crippen LogP contribution in [0.2, 0.25) is 0 Å². The summed E-state index contributed by atoms with van der Waals surface area (Å²) in [5.74, 6) is 0.751. The summed E-state index contributed by atoms with van der Waals surface area (Å²) in [4.78, 5) is 26.5. The number of amides is 1. The molecule has 36 heavy (non-hydrogen) atoms. The average Bonchev–Trinajstić information content (AvgIpc) is 3.19. The SMILES string of the molecule is CCCCOc1ccc(CCC(=O)Nc2sc(C)c(-c3ccc(Br)cc3)c2C(=O)OC)cc1OCC. The summed E-state index contributed by atoms with van der Waals surface area (Å²) in [5, 5.41) is 3.43. The molecule has 0 saturated carbocycles. The second kappa shape index (κ2) is 13.5. The van der Waals surface area contributed by atoms with Gasteiger partial charge in [0.15, 0.2) is 11.5 Å². The van der Waals surface area contributed by atoms with E-state index in [4.69, 9.17) is 14.2 Å². The van der Waals surface area contributed by atoms with Gasteiger partial charge in [0, 0.05) is 21.3 Å². The molecule has 192 valence electrons. The number of esters is 1. The van der Waals surface area contributed by atoms with Crippen LogP contribution in [0.25, 0.3) is 11.1 Å². The van der Waals surface area contributed by atoms with Crippen LogP contribution in [0.1, 0.15) is 53.9 Å². The lowest BCUT2D eigenvalue weighted by Crippen LogP contribution is -2.14. The Kier molecular flexibility index (Phi) is 10.4. The van der Waals surface area contributed by atoms with Crippen molar-refractivity contribution in [3.05, 3.63) is 62.9 Å².